The second-order valence-electron chi connectivity index (χ2n) is 6.46. The minimum absolute atomic E-state index is 0.0824. The Bertz CT molecular complexity index is 484. The van der Waals surface area contributed by atoms with Crippen molar-refractivity contribution in [2.45, 2.75) is 52.2 Å². The van der Waals surface area contributed by atoms with Gasteiger partial charge in [-0.05, 0) is 58.4 Å². The van der Waals surface area contributed by atoms with Gasteiger partial charge in [0.2, 0.25) is 0 Å². The van der Waals surface area contributed by atoms with Crippen molar-refractivity contribution in [3.05, 3.63) is 23.8 Å². The van der Waals surface area contributed by atoms with E-state index >= 15 is 0 Å². The first-order chi connectivity index (χ1) is 8.96. The van der Waals surface area contributed by atoms with Crippen LogP contribution in [0.4, 0.5) is 10.5 Å². The van der Waals surface area contributed by atoms with E-state index in [0.29, 0.717) is 17.7 Å². The molecule has 0 fully saturated rings. The quantitative estimate of drug-likeness (QED) is 0.744. The third kappa shape index (κ3) is 5.93. The minimum Gasteiger partial charge on any atom is -0.508 e. The highest BCUT2D eigenvalue weighted by Gasteiger charge is 2.20. The number of carbonyl (C=O) groups is 1. The van der Waals surface area contributed by atoms with Crippen molar-refractivity contribution in [1.82, 2.24) is 0 Å². The van der Waals surface area contributed by atoms with Crippen LogP contribution in [0.5, 0.6) is 5.75 Å². The Morgan fingerprint density at radius 1 is 1.25 bits per heavy atom. The lowest BCUT2D eigenvalue weighted by atomic mass is 9.97. The summed E-state index contributed by atoms with van der Waals surface area (Å²) in [6, 6.07) is 4.57. The van der Waals surface area contributed by atoms with Crippen molar-refractivity contribution in [1.29, 1.82) is 0 Å². The highest BCUT2D eigenvalue weighted by atomic mass is 16.6. The number of amides is 1. The van der Waals surface area contributed by atoms with Gasteiger partial charge in [-0.3, -0.25) is 5.32 Å². The predicted octanol–water partition coefficient (Wildman–Crippen LogP) is 3.05. The van der Waals surface area contributed by atoms with Crippen molar-refractivity contribution in [2.75, 3.05) is 5.32 Å². The van der Waals surface area contributed by atoms with Gasteiger partial charge in [0.25, 0.3) is 0 Å². The molecule has 5 heteroatoms. The summed E-state index contributed by atoms with van der Waals surface area (Å²) in [5, 5.41) is 22.0. The molecule has 3 N–H and O–H groups in total. The number of hydrogen-bond acceptors (Lipinski definition) is 4. The highest BCUT2D eigenvalue weighted by Crippen LogP contribution is 2.25. The molecule has 1 amide bonds. The molecule has 0 saturated heterocycles. The molecule has 0 heterocycles. The predicted molar refractivity (Wildman–Crippen MR) is 78.0 cm³/mol. The van der Waals surface area contributed by atoms with Gasteiger partial charge in [0.15, 0.2) is 0 Å². The van der Waals surface area contributed by atoms with Gasteiger partial charge < -0.3 is 14.9 Å². The number of aliphatic hydroxyl groups is 1. The topological polar surface area (TPSA) is 78.8 Å². The Kier molecular flexibility index (Phi) is 4.65. The molecule has 0 bridgehead atoms. The fraction of sp³-hybridized carbons (Fsp3) is 0.533. The number of anilines is 1. The van der Waals surface area contributed by atoms with E-state index in [9.17, 15) is 15.0 Å². The fourth-order valence-electron chi connectivity index (χ4n) is 1.73. The maximum absolute atomic E-state index is 11.8. The number of aromatic hydroxyl groups is 1. The Labute approximate surface area is 119 Å². The number of phenols is 1. The maximum atomic E-state index is 11.8. The molecule has 1 aromatic carbocycles. The first kappa shape index (κ1) is 16.3. The summed E-state index contributed by atoms with van der Waals surface area (Å²) in [4.78, 5) is 11.8. The summed E-state index contributed by atoms with van der Waals surface area (Å²) in [6.07, 6.45) is -0.271. The molecule has 0 aliphatic heterocycles. The molecule has 0 unspecified atom stereocenters. The van der Waals surface area contributed by atoms with Crippen LogP contribution in [-0.4, -0.2) is 27.5 Å². The van der Waals surface area contributed by atoms with Crippen LogP contribution in [0, 0.1) is 0 Å². The zero-order valence-electron chi connectivity index (χ0n) is 12.7. The van der Waals surface area contributed by atoms with Gasteiger partial charge in [0.1, 0.15) is 11.4 Å². The van der Waals surface area contributed by atoms with Gasteiger partial charge in [-0.25, -0.2) is 4.79 Å². The summed E-state index contributed by atoms with van der Waals surface area (Å²) < 4.78 is 5.18. The molecule has 0 aliphatic rings. The second-order valence-corrected chi connectivity index (χ2v) is 6.46. The molecular formula is C15H23NO4. The van der Waals surface area contributed by atoms with Crippen LogP contribution in [0.3, 0.4) is 0 Å². The van der Waals surface area contributed by atoms with Crippen molar-refractivity contribution < 1.29 is 19.7 Å². The third-order valence-corrected chi connectivity index (χ3v) is 2.35. The van der Waals surface area contributed by atoms with Gasteiger partial charge in [-0.2, -0.15) is 0 Å². The smallest absolute Gasteiger partial charge is 0.412 e. The average molecular weight is 281 g/mol. The first-order valence-corrected chi connectivity index (χ1v) is 6.50. The van der Waals surface area contributed by atoms with E-state index in [1.807, 2.05) is 0 Å². The Balaban J connectivity index is 2.92. The van der Waals surface area contributed by atoms with E-state index in [2.05, 4.69) is 5.32 Å². The molecule has 0 aromatic heterocycles. The molecule has 1 aromatic rings. The van der Waals surface area contributed by atoms with Gasteiger partial charge in [-0.15, -0.1) is 0 Å². The van der Waals surface area contributed by atoms with E-state index in [0.717, 1.165) is 0 Å². The van der Waals surface area contributed by atoms with Crippen LogP contribution in [0.1, 0.15) is 40.2 Å². The van der Waals surface area contributed by atoms with Crippen LogP contribution in [0.2, 0.25) is 0 Å². The Hall–Kier alpha value is -1.75. The highest BCUT2D eigenvalue weighted by molar-refractivity contribution is 5.86. The minimum atomic E-state index is -0.946. The first-order valence-electron chi connectivity index (χ1n) is 6.50. The van der Waals surface area contributed by atoms with Gasteiger partial charge in [0.05, 0.1) is 5.60 Å². The second kappa shape index (κ2) is 5.71. The number of hydrogen-bond donors (Lipinski definition) is 3. The van der Waals surface area contributed by atoms with Crippen molar-refractivity contribution in [3.63, 3.8) is 0 Å². The van der Waals surface area contributed by atoms with E-state index in [1.54, 1.807) is 40.7 Å². The summed E-state index contributed by atoms with van der Waals surface area (Å²) >= 11 is 0. The zero-order valence-corrected chi connectivity index (χ0v) is 12.7. The molecule has 112 valence electrons. The van der Waals surface area contributed by atoms with Crippen molar-refractivity contribution >= 4 is 11.8 Å². The number of phenolic OH excluding ortho intramolecular Hbond substituents is 1. The van der Waals surface area contributed by atoms with Crippen LogP contribution >= 0.6 is 0 Å². The van der Waals surface area contributed by atoms with Crippen LogP contribution in [0.25, 0.3) is 0 Å². The van der Waals surface area contributed by atoms with Crippen LogP contribution < -0.4 is 5.32 Å². The zero-order chi connectivity index (χ0) is 15.6. The van der Waals surface area contributed by atoms with E-state index in [-0.39, 0.29) is 5.75 Å². The monoisotopic (exact) mass is 281 g/mol. The summed E-state index contributed by atoms with van der Waals surface area (Å²) in [5.41, 5.74) is -0.377. The van der Waals surface area contributed by atoms with Crippen LogP contribution in [-0.2, 0) is 11.2 Å². The lowest BCUT2D eigenvalue weighted by Crippen LogP contribution is -2.28. The maximum Gasteiger partial charge on any atom is 0.412 e. The van der Waals surface area contributed by atoms with Gasteiger partial charge in [0, 0.05) is 12.1 Å². The van der Waals surface area contributed by atoms with Crippen LogP contribution in [0.15, 0.2) is 18.2 Å². The molecule has 5 nitrogen and oxygen atoms in total. The summed E-state index contributed by atoms with van der Waals surface area (Å²) in [6.45, 7) is 8.66. The fourth-order valence-corrected chi connectivity index (χ4v) is 1.73. The number of ether oxygens (including phenoxy) is 1. The van der Waals surface area contributed by atoms with Crippen molar-refractivity contribution in [3.8, 4) is 5.75 Å². The Morgan fingerprint density at radius 3 is 2.35 bits per heavy atom. The van der Waals surface area contributed by atoms with Gasteiger partial charge >= 0.3 is 6.09 Å². The van der Waals surface area contributed by atoms with E-state index < -0.39 is 17.3 Å². The summed E-state index contributed by atoms with van der Waals surface area (Å²) in [5.74, 6) is 0.0824. The number of nitrogens with one attached hydrogen (secondary N) is 1. The molecule has 0 saturated carbocycles. The van der Waals surface area contributed by atoms with Crippen molar-refractivity contribution in [2.24, 2.45) is 0 Å². The molecule has 0 radical (unpaired) electrons. The molecular weight excluding hydrogens is 258 g/mol. The average Bonchev–Trinajstić information content (AvgIpc) is 2.17. The number of carbonyl (C=O) groups excluding carboxylic acids is 1. The lowest BCUT2D eigenvalue weighted by Gasteiger charge is -2.22. The number of benzene rings is 1. The number of rotatable bonds is 3. The normalized spacial score (nSPS) is 12.1. The Morgan fingerprint density at radius 2 is 1.85 bits per heavy atom. The molecule has 0 atom stereocenters. The van der Waals surface area contributed by atoms with E-state index in [4.69, 9.17) is 4.74 Å². The lowest BCUT2D eigenvalue weighted by molar-refractivity contribution is 0.0632. The van der Waals surface area contributed by atoms with E-state index in [1.165, 1.54) is 12.1 Å². The summed E-state index contributed by atoms with van der Waals surface area (Å²) in [7, 11) is 0. The largest absolute Gasteiger partial charge is 0.508 e. The molecule has 0 aliphatic carbocycles. The standard InChI is InChI=1S/C15H23NO4/c1-14(2,3)20-13(18)16-12-7-6-11(17)8-10(12)9-15(4,5)19/h6-8,17,19H,9H2,1-5H3,(H,16,18). The molecule has 20 heavy (non-hydrogen) atoms. The third-order valence-electron chi connectivity index (χ3n) is 2.35. The van der Waals surface area contributed by atoms with Gasteiger partial charge in [-0.1, -0.05) is 0 Å². The SMILES string of the molecule is CC(C)(O)Cc1cc(O)ccc1NC(=O)OC(C)(C)C. The molecule has 0 spiro atoms. The molecule has 1 rings (SSSR count).